The number of hydrogen-bond donors (Lipinski definition) is 3. The fourth-order valence-corrected chi connectivity index (χ4v) is 6.07. The minimum atomic E-state index is -0.812. The number of nitrogens with zero attached hydrogens (tertiary/aromatic N) is 4. The largest absolute Gasteiger partial charge is 0.497 e. The number of methoxy groups -OCH3 is 2. The fourth-order valence-electron chi connectivity index (χ4n) is 6.07. The van der Waals surface area contributed by atoms with Gasteiger partial charge in [-0.3, -0.25) is 19.5 Å². The first-order valence-electron chi connectivity index (χ1n) is 15.1. The third kappa shape index (κ3) is 7.83. The Balaban J connectivity index is 1.20. The lowest BCUT2D eigenvalue weighted by molar-refractivity contribution is -0.129. The van der Waals surface area contributed by atoms with Crippen LogP contribution in [0.1, 0.15) is 46.9 Å². The second kappa shape index (κ2) is 14.5. The number of fused-ring (bicyclic) bond motifs is 1. The van der Waals surface area contributed by atoms with E-state index in [9.17, 15) is 14.7 Å². The summed E-state index contributed by atoms with van der Waals surface area (Å²) in [6.45, 7) is 3.96. The molecule has 1 aliphatic carbocycles. The Kier molecular flexibility index (Phi) is 10.3. The van der Waals surface area contributed by atoms with Crippen LogP contribution in [0.25, 0.3) is 0 Å². The molecule has 11 heteroatoms. The van der Waals surface area contributed by atoms with Gasteiger partial charge in [-0.25, -0.2) is 4.98 Å². The van der Waals surface area contributed by atoms with Crippen LogP contribution in [0.15, 0.2) is 54.9 Å². The number of aliphatic hydroxyl groups is 1. The summed E-state index contributed by atoms with van der Waals surface area (Å²) in [6, 6.07) is 14.6. The van der Waals surface area contributed by atoms with Crippen molar-refractivity contribution in [2.75, 3.05) is 45.7 Å². The van der Waals surface area contributed by atoms with Gasteiger partial charge in [0, 0.05) is 63.4 Å². The highest BCUT2D eigenvalue weighted by molar-refractivity contribution is 5.92. The van der Waals surface area contributed by atoms with Crippen LogP contribution in [0.2, 0.25) is 0 Å². The Hall–Kier alpha value is -4.22. The van der Waals surface area contributed by atoms with Crippen LogP contribution < -0.4 is 20.1 Å². The minimum absolute atomic E-state index is 0.0671. The first-order valence-corrected chi connectivity index (χ1v) is 15.1. The van der Waals surface area contributed by atoms with Crippen LogP contribution in [0.3, 0.4) is 0 Å². The molecule has 1 atom stereocenters. The van der Waals surface area contributed by atoms with E-state index in [2.05, 4.69) is 49.8 Å². The summed E-state index contributed by atoms with van der Waals surface area (Å²) in [5.41, 5.74) is 3.81. The van der Waals surface area contributed by atoms with Crippen molar-refractivity contribution in [3.8, 4) is 11.5 Å². The van der Waals surface area contributed by atoms with Gasteiger partial charge in [0.25, 0.3) is 5.91 Å². The van der Waals surface area contributed by atoms with Gasteiger partial charge in [-0.1, -0.05) is 30.3 Å². The van der Waals surface area contributed by atoms with Crippen molar-refractivity contribution in [2.24, 2.45) is 0 Å². The molecule has 1 aliphatic heterocycles. The van der Waals surface area contributed by atoms with E-state index in [0.717, 1.165) is 37.0 Å². The number of aromatic nitrogens is 2. The Morgan fingerprint density at radius 2 is 1.80 bits per heavy atom. The van der Waals surface area contributed by atoms with Gasteiger partial charge in [0.05, 0.1) is 32.7 Å². The normalized spacial score (nSPS) is 16.0. The molecule has 5 rings (SSSR count). The molecule has 0 spiro atoms. The van der Waals surface area contributed by atoms with Gasteiger partial charge in [0.2, 0.25) is 5.91 Å². The average Bonchev–Trinajstić information content (AvgIpc) is 3.48. The number of aliphatic hydroxyl groups excluding tert-OH is 1. The van der Waals surface area contributed by atoms with Crippen LogP contribution >= 0.6 is 0 Å². The summed E-state index contributed by atoms with van der Waals surface area (Å²) in [6.07, 6.45) is 5.57. The van der Waals surface area contributed by atoms with E-state index in [1.165, 1.54) is 17.3 Å². The number of piperidine rings is 1. The lowest BCUT2D eigenvalue weighted by Gasteiger charge is -2.32. The minimum Gasteiger partial charge on any atom is -0.497 e. The topological polar surface area (TPSA) is 129 Å². The molecule has 1 aromatic heterocycles. The van der Waals surface area contributed by atoms with Crippen molar-refractivity contribution >= 4 is 17.6 Å². The number of nitrogens with one attached hydrogen (secondary N) is 2. The number of ether oxygens (including phenoxy) is 2. The molecule has 0 saturated carbocycles. The maximum atomic E-state index is 13.0. The average molecular weight is 603 g/mol. The van der Waals surface area contributed by atoms with E-state index in [0.29, 0.717) is 37.7 Å². The molecule has 11 nitrogen and oxygen atoms in total. The summed E-state index contributed by atoms with van der Waals surface area (Å²) < 4.78 is 11.0. The zero-order valence-electron chi connectivity index (χ0n) is 25.7. The second-order valence-electron chi connectivity index (χ2n) is 11.5. The third-order valence-corrected chi connectivity index (χ3v) is 8.52. The number of anilines is 1. The first kappa shape index (κ1) is 31.2. The Labute approximate surface area is 258 Å². The van der Waals surface area contributed by atoms with Crippen LogP contribution in [0.4, 0.5) is 5.82 Å². The number of amides is 2. The van der Waals surface area contributed by atoms with Crippen LogP contribution in [-0.4, -0.2) is 95.3 Å². The smallest absolute Gasteiger partial charge is 0.271 e. The van der Waals surface area contributed by atoms with Crippen molar-refractivity contribution in [1.29, 1.82) is 0 Å². The summed E-state index contributed by atoms with van der Waals surface area (Å²) >= 11 is 0. The molecule has 1 saturated heterocycles. The molecule has 0 bridgehead atoms. The molecule has 234 valence electrons. The molecular weight excluding hydrogens is 560 g/mol. The number of benzene rings is 2. The van der Waals surface area contributed by atoms with Gasteiger partial charge in [0.15, 0.2) is 0 Å². The molecule has 1 unspecified atom stereocenters. The van der Waals surface area contributed by atoms with Gasteiger partial charge in [-0.2, -0.15) is 0 Å². The first-order chi connectivity index (χ1) is 21.3. The summed E-state index contributed by atoms with van der Waals surface area (Å²) in [5, 5.41) is 17.3. The lowest BCUT2D eigenvalue weighted by atomic mass is 10.1. The van der Waals surface area contributed by atoms with Crippen molar-refractivity contribution < 1.29 is 24.2 Å². The Morgan fingerprint density at radius 1 is 1.07 bits per heavy atom. The van der Waals surface area contributed by atoms with Crippen LogP contribution in [-0.2, 0) is 24.2 Å². The van der Waals surface area contributed by atoms with Gasteiger partial charge in [-0.05, 0) is 42.9 Å². The Bertz CT molecular complexity index is 1420. The third-order valence-electron chi connectivity index (χ3n) is 8.52. The number of hydrogen-bond acceptors (Lipinski definition) is 9. The van der Waals surface area contributed by atoms with E-state index >= 15 is 0 Å². The summed E-state index contributed by atoms with van der Waals surface area (Å²) in [4.78, 5) is 37.4. The standard InChI is InChI=1S/C33H42N6O5/c1-22(40)38-12-10-26(11-13-38)36-32-19-34-18-30(37-32)33(42)35-17-28(41)21-39(27-14-23-6-4-5-7-24(23)15-27)20-25-8-9-29(43-2)16-31(25)44-3/h4-9,16,18-19,26-28,41H,10-15,17,20-21H2,1-3H3,(H,35,42)(H,36,37). The predicted molar refractivity (Wildman–Crippen MR) is 167 cm³/mol. The van der Waals surface area contributed by atoms with Crippen molar-refractivity contribution in [2.45, 2.75) is 57.3 Å². The van der Waals surface area contributed by atoms with E-state index in [-0.39, 0.29) is 30.2 Å². The lowest BCUT2D eigenvalue weighted by Crippen LogP contribution is -2.44. The van der Waals surface area contributed by atoms with E-state index in [1.807, 2.05) is 23.1 Å². The zero-order valence-corrected chi connectivity index (χ0v) is 25.7. The molecule has 1 fully saturated rings. The molecule has 2 amide bonds. The molecule has 0 radical (unpaired) electrons. The van der Waals surface area contributed by atoms with E-state index in [1.54, 1.807) is 27.3 Å². The number of likely N-dealkylation sites (tertiary alicyclic amines) is 1. The highest BCUT2D eigenvalue weighted by atomic mass is 16.5. The maximum Gasteiger partial charge on any atom is 0.271 e. The summed E-state index contributed by atoms with van der Waals surface area (Å²) in [5.74, 6) is 1.64. The van der Waals surface area contributed by atoms with Gasteiger partial charge < -0.3 is 30.1 Å². The number of carbonyl (C=O) groups excluding carboxylic acids is 2. The van der Waals surface area contributed by atoms with Crippen molar-refractivity contribution in [3.05, 3.63) is 77.2 Å². The number of rotatable bonds is 12. The highest BCUT2D eigenvalue weighted by Crippen LogP contribution is 2.30. The quantitative estimate of drug-likeness (QED) is 0.287. The summed E-state index contributed by atoms with van der Waals surface area (Å²) in [7, 11) is 3.27. The molecule has 2 heterocycles. The fraction of sp³-hybridized carbons (Fsp3) is 0.455. The van der Waals surface area contributed by atoms with Gasteiger partial charge >= 0.3 is 0 Å². The molecule has 44 heavy (non-hydrogen) atoms. The number of carbonyl (C=O) groups is 2. The van der Waals surface area contributed by atoms with E-state index < -0.39 is 12.0 Å². The van der Waals surface area contributed by atoms with E-state index in [4.69, 9.17) is 9.47 Å². The molecule has 3 N–H and O–H groups in total. The van der Waals surface area contributed by atoms with Crippen molar-refractivity contribution in [1.82, 2.24) is 25.1 Å². The predicted octanol–water partition coefficient (Wildman–Crippen LogP) is 2.68. The Morgan fingerprint density at radius 3 is 2.45 bits per heavy atom. The molecule has 3 aromatic rings. The SMILES string of the molecule is COc1ccc(CN(CC(O)CNC(=O)c2cncc(NC3CCN(C(C)=O)CC3)n2)C2Cc3ccccc3C2)c(OC)c1. The van der Waals surface area contributed by atoms with Gasteiger partial charge in [-0.15, -0.1) is 0 Å². The molecular formula is C33H42N6O5. The second-order valence-corrected chi connectivity index (χ2v) is 11.5. The molecule has 2 aromatic carbocycles. The zero-order chi connectivity index (χ0) is 31.1. The van der Waals surface area contributed by atoms with Crippen molar-refractivity contribution in [3.63, 3.8) is 0 Å². The van der Waals surface area contributed by atoms with Crippen LogP contribution in [0.5, 0.6) is 11.5 Å². The highest BCUT2D eigenvalue weighted by Gasteiger charge is 2.29. The maximum absolute atomic E-state index is 13.0. The van der Waals surface area contributed by atoms with Gasteiger partial charge in [0.1, 0.15) is 23.0 Å². The van der Waals surface area contributed by atoms with Crippen LogP contribution in [0, 0.1) is 0 Å². The molecule has 2 aliphatic rings. The monoisotopic (exact) mass is 602 g/mol.